The van der Waals surface area contributed by atoms with E-state index in [0.29, 0.717) is 19.0 Å². The van der Waals surface area contributed by atoms with Gasteiger partial charge >= 0.3 is 0 Å². The zero-order valence-corrected chi connectivity index (χ0v) is 19.1. The molecule has 3 rings (SSSR count). The summed E-state index contributed by atoms with van der Waals surface area (Å²) in [7, 11) is 0. The molecule has 0 amide bonds. The molecule has 0 aliphatic carbocycles. The van der Waals surface area contributed by atoms with E-state index in [4.69, 9.17) is 4.99 Å². The van der Waals surface area contributed by atoms with Crippen LogP contribution in [-0.2, 0) is 13.1 Å². The molecule has 31 heavy (non-hydrogen) atoms. The zero-order valence-electron chi connectivity index (χ0n) is 18.3. The van der Waals surface area contributed by atoms with Gasteiger partial charge in [-0.05, 0) is 60.4 Å². The van der Waals surface area contributed by atoms with E-state index in [-0.39, 0.29) is 11.6 Å². The molecular formula is C26H29FN2OS. The van der Waals surface area contributed by atoms with Crippen LogP contribution in [0.1, 0.15) is 30.5 Å². The smallest absolute Gasteiger partial charge is 0.164 e. The largest absolute Gasteiger partial charge is 0.508 e. The third-order valence-electron chi connectivity index (χ3n) is 4.71. The molecule has 0 fully saturated rings. The summed E-state index contributed by atoms with van der Waals surface area (Å²) in [5.74, 6) is 0.473. The first kappa shape index (κ1) is 22.9. The molecule has 0 heterocycles. The lowest BCUT2D eigenvalue weighted by atomic mass is 10.1. The third kappa shape index (κ3) is 7.44. The van der Waals surface area contributed by atoms with E-state index in [9.17, 15) is 9.50 Å². The van der Waals surface area contributed by atoms with Crippen LogP contribution in [0.25, 0.3) is 0 Å². The van der Waals surface area contributed by atoms with Crippen LogP contribution in [0, 0.1) is 18.7 Å². The van der Waals surface area contributed by atoms with Crippen LogP contribution >= 0.6 is 11.8 Å². The van der Waals surface area contributed by atoms with Crippen molar-refractivity contribution in [3.8, 4) is 5.75 Å². The van der Waals surface area contributed by atoms with E-state index in [1.54, 1.807) is 36.0 Å². The Morgan fingerprint density at radius 2 is 1.55 bits per heavy atom. The van der Waals surface area contributed by atoms with Crippen molar-refractivity contribution in [1.82, 2.24) is 4.90 Å². The minimum absolute atomic E-state index is 0.240. The maximum Gasteiger partial charge on any atom is 0.164 e. The predicted octanol–water partition coefficient (Wildman–Crippen LogP) is 6.65. The molecule has 0 spiro atoms. The normalized spacial score (nSPS) is 11.7. The van der Waals surface area contributed by atoms with Crippen LogP contribution in [0.4, 0.5) is 4.39 Å². The number of halogens is 1. The molecule has 0 atom stereocenters. The summed E-state index contributed by atoms with van der Waals surface area (Å²) in [6.07, 6.45) is 0. The van der Waals surface area contributed by atoms with Crippen LogP contribution in [0.2, 0.25) is 0 Å². The number of thioether (sulfide) groups is 1. The highest BCUT2D eigenvalue weighted by atomic mass is 32.2. The van der Waals surface area contributed by atoms with Crippen molar-refractivity contribution in [1.29, 1.82) is 0 Å². The number of benzene rings is 3. The topological polar surface area (TPSA) is 35.8 Å². The predicted molar refractivity (Wildman–Crippen MR) is 128 cm³/mol. The van der Waals surface area contributed by atoms with E-state index in [2.05, 4.69) is 49.9 Å². The van der Waals surface area contributed by atoms with Gasteiger partial charge in [0.15, 0.2) is 5.17 Å². The molecule has 0 aromatic heterocycles. The first-order valence-electron chi connectivity index (χ1n) is 10.5. The Morgan fingerprint density at radius 1 is 0.935 bits per heavy atom. The highest BCUT2D eigenvalue weighted by Crippen LogP contribution is 2.25. The van der Waals surface area contributed by atoms with Gasteiger partial charge in [-0.1, -0.05) is 67.6 Å². The van der Waals surface area contributed by atoms with Gasteiger partial charge in [-0.25, -0.2) is 4.39 Å². The molecule has 0 unspecified atom stereocenters. The Kier molecular flexibility index (Phi) is 8.13. The quantitative estimate of drug-likeness (QED) is 0.256. The first-order valence-corrected chi connectivity index (χ1v) is 11.3. The van der Waals surface area contributed by atoms with Gasteiger partial charge in [0, 0.05) is 18.0 Å². The molecule has 0 aliphatic heterocycles. The molecule has 0 saturated carbocycles. The standard InChI is InChI=1S/C26H29FN2OS/c1-19(2)17-29(18-22-8-12-24(30)13-9-22)26(31-25-14-4-20(3)5-15-25)28-16-21-6-10-23(27)11-7-21/h4-15,19,30H,16-18H2,1-3H3. The molecular weight excluding hydrogens is 407 g/mol. The van der Waals surface area contributed by atoms with Crippen LogP contribution in [-0.4, -0.2) is 21.7 Å². The molecule has 0 bridgehead atoms. The van der Waals surface area contributed by atoms with Gasteiger partial charge in [-0.2, -0.15) is 0 Å². The maximum absolute atomic E-state index is 13.3. The fraction of sp³-hybridized carbons (Fsp3) is 0.269. The fourth-order valence-corrected chi connectivity index (χ4v) is 4.01. The zero-order chi connectivity index (χ0) is 22.2. The summed E-state index contributed by atoms with van der Waals surface area (Å²) in [4.78, 5) is 8.35. The van der Waals surface area contributed by atoms with E-state index >= 15 is 0 Å². The Hall–Kier alpha value is -2.79. The fourth-order valence-electron chi connectivity index (χ4n) is 3.13. The number of aromatic hydroxyl groups is 1. The number of phenols is 1. The Labute approximate surface area is 188 Å². The van der Waals surface area contributed by atoms with E-state index in [1.165, 1.54) is 17.7 Å². The van der Waals surface area contributed by atoms with Gasteiger partial charge in [0.05, 0.1) is 6.54 Å². The Balaban J connectivity index is 1.90. The monoisotopic (exact) mass is 436 g/mol. The van der Waals surface area contributed by atoms with Crippen molar-refractivity contribution >= 4 is 16.9 Å². The molecule has 1 N–H and O–H groups in total. The summed E-state index contributed by atoms with van der Waals surface area (Å²) in [5, 5.41) is 10.6. The van der Waals surface area contributed by atoms with Crippen molar-refractivity contribution in [2.75, 3.05) is 6.54 Å². The van der Waals surface area contributed by atoms with Gasteiger partial charge in [-0.15, -0.1) is 0 Å². The number of aliphatic imine (C=N–C) groups is 1. The highest BCUT2D eigenvalue weighted by molar-refractivity contribution is 8.13. The second-order valence-electron chi connectivity index (χ2n) is 8.08. The van der Waals surface area contributed by atoms with E-state index in [1.807, 2.05) is 12.1 Å². The number of hydrogen-bond donors (Lipinski definition) is 1. The lowest BCUT2D eigenvalue weighted by Crippen LogP contribution is -2.32. The SMILES string of the molecule is Cc1ccc(SC(=NCc2ccc(F)cc2)N(Cc2ccc(O)cc2)CC(C)C)cc1. The number of aryl methyl sites for hydroxylation is 1. The number of hydrogen-bond acceptors (Lipinski definition) is 3. The molecule has 0 aliphatic rings. The summed E-state index contributed by atoms with van der Waals surface area (Å²) >= 11 is 1.64. The minimum Gasteiger partial charge on any atom is -0.508 e. The Morgan fingerprint density at radius 3 is 2.16 bits per heavy atom. The summed E-state index contributed by atoms with van der Waals surface area (Å²) < 4.78 is 13.3. The molecule has 0 saturated heterocycles. The van der Waals surface area contributed by atoms with Crippen LogP contribution < -0.4 is 0 Å². The number of nitrogens with zero attached hydrogens (tertiary/aromatic N) is 2. The van der Waals surface area contributed by atoms with Gasteiger partial charge in [0.1, 0.15) is 11.6 Å². The third-order valence-corrected chi connectivity index (χ3v) is 5.78. The maximum atomic E-state index is 13.3. The number of phenolic OH excluding ortho intramolecular Hbond substituents is 1. The Bertz CT molecular complexity index is 983. The first-order chi connectivity index (χ1) is 14.9. The van der Waals surface area contributed by atoms with Crippen molar-refractivity contribution < 1.29 is 9.50 Å². The van der Waals surface area contributed by atoms with Crippen LogP contribution in [0.3, 0.4) is 0 Å². The van der Waals surface area contributed by atoms with Gasteiger partial charge in [0.2, 0.25) is 0 Å². The molecule has 3 aromatic carbocycles. The van der Waals surface area contributed by atoms with Crippen LogP contribution in [0.15, 0.2) is 82.7 Å². The van der Waals surface area contributed by atoms with E-state index in [0.717, 1.165) is 27.7 Å². The van der Waals surface area contributed by atoms with E-state index < -0.39 is 0 Å². The average molecular weight is 437 g/mol. The van der Waals surface area contributed by atoms with Crippen LogP contribution in [0.5, 0.6) is 5.75 Å². The van der Waals surface area contributed by atoms with Crippen molar-refractivity contribution in [3.63, 3.8) is 0 Å². The minimum atomic E-state index is -0.240. The molecule has 5 heteroatoms. The summed E-state index contributed by atoms with van der Waals surface area (Å²) in [5.41, 5.74) is 3.30. The lowest BCUT2D eigenvalue weighted by Gasteiger charge is -2.28. The molecule has 162 valence electrons. The van der Waals surface area contributed by atoms with Crippen molar-refractivity contribution in [3.05, 3.63) is 95.3 Å². The highest BCUT2D eigenvalue weighted by Gasteiger charge is 2.16. The van der Waals surface area contributed by atoms with Gasteiger partial charge < -0.3 is 10.0 Å². The molecule has 3 aromatic rings. The average Bonchev–Trinajstić information content (AvgIpc) is 2.74. The summed E-state index contributed by atoms with van der Waals surface area (Å²) in [6, 6.07) is 22.2. The van der Waals surface area contributed by atoms with Gasteiger partial charge in [-0.3, -0.25) is 4.99 Å². The lowest BCUT2D eigenvalue weighted by molar-refractivity contribution is 0.364. The number of rotatable bonds is 7. The summed E-state index contributed by atoms with van der Waals surface area (Å²) in [6.45, 7) is 8.49. The van der Waals surface area contributed by atoms with Gasteiger partial charge in [0.25, 0.3) is 0 Å². The molecule has 3 nitrogen and oxygen atoms in total. The van der Waals surface area contributed by atoms with Crippen molar-refractivity contribution in [2.24, 2.45) is 10.9 Å². The molecule has 0 radical (unpaired) electrons. The van der Waals surface area contributed by atoms with Crippen molar-refractivity contribution in [2.45, 2.75) is 38.8 Å². The second-order valence-corrected chi connectivity index (χ2v) is 9.12. The number of amidine groups is 1. The second kappa shape index (κ2) is 11.0.